The molecule has 1 saturated heterocycles. The van der Waals surface area contributed by atoms with Gasteiger partial charge in [0.15, 0.2) is 0 Å². The van der Waals surface area contributed by atoms with Gasteiger partial charge in [-0.1, -0.05) is 6.07 Å². The fourth-order valence-electron chi connectivity index (χ4n) is 3.82. The summed E-state index contributed by atoms with van der Waals surface area (Å²) >= 11 is 0. The van der Waals surface area contributed by atoms with Crippen molar-refractivity contribution in [3.8, 4) is 5.69 Å². The van der Waals surface area contributed by atoms with Crippen molar-refractivity contribution in [1.82, 2.24) is 14.7 Å². The molecule has 7 nitrogen and oxygen atoms in total. The van der Waals surface area contributed by atoms with Crippen LogP contribution < -0.4 is 0 Å². The molecule has 0 saturated carbocycles. The van der Waals surface area contributed by atoms with Crippen LogP contribution in [0.1, 0.15) is 18.4 Å². The first kappa shape index (κ1) is 18.0. The number of fused-ring (bicyclic) bond motifs is 1. The lowest BCUT2D eigenvalue weighted by Gasteiger charge is -2.38. The number of piperidine rings is 1. The maximum Gasteiger partial charge on any atom is 0.407 e. The van der Waals surface area contributed by atoms with Gasteiger partial charge in [-0.05, 0) is 54.8 Å². The third kappa shape index (κ3) is 2.87. The van der Waals surface area contributed by atoms with E-state index in [1.807, 2.05) is 0 Å². The monoisotopic (exact) mass is 383 g/mol. The minimum absolute atomic E-state index is 0.175. The van der Waals surface area contributed by atoms with E-state index in [1.54, 1.807) is 41.2 Å². The molecule has 1 amide bonds. The van der Waals surface area contributed by atoms with Crippen molar-refractivity contribution in [2.75, 3.05) is 13.1 Å². The summed E-state index contributed by atoms with van der Waals surface area (Å²) in [6.45, 7) is 0.350. The fraction of sp³-hybridized carbons (Fsp3) is 0.250. The van der Waals surface area contributed by atoms with Gasteiger partial charge in [-0.2, -0.15) is 5.10 Å². The molecule has 0 unspecified atom stereocenters. The number of carboxylic acid groups (broad SMARTS) is 2. The Hall–Kier alpha value is -3.42. The number of halogens is 1. The molecule has 1 fully saturated rings. The standard InChI is InChI=1S/C20H18FN3O4/c21-15-2-4-16(5-3-15)24-17-6-1-14(11-13(17)12-22-24)20(18(25)26)7-9-23(10-8-20)19(27)28/h1-6,11-12H,7-10H2,(H,25,26)(H,27,28). The van der Waals surface area contributed by atoms with Crippen molar-refractivity contribution in [3.63, 3.8) is 0 Å². The number of carboxylic acids is 1. The molecule has 28 heavy (non-hydrogen) atoms. The number of aliphatic carboxylic acids is 1. The number of likely N-dealkylation sites (tertiary alicyclic amines) is 1. The SMILES string of the molecule is O=C(O)N1CCC(C(=O)O)(c2ccc3c(cnn3-c3ccc(F)cc3)c2)CC1. The largest absolute Gasteiger partial charge is 0.481 e. The molecule has 1 aliphatic rings. The minimum atomic E-state index is -1.13. The molecular formula is C20H18FN3O4. The van der Waals surface area contributed by atoms with E-state index in [9.17, 15) is 19.1 Å². The summed E-state index contributed by atoms with van der Waals surface area (Å²) in [7, 11) is 0. The molecule has 8 heteroatoms. The van der Waals surface area contributed by atoms with E-state index in [2.05, 4.69) is 5.10 Å². The zero-order valence-corrected chi connectivity index (χ0v) is 14.9. The van der Waals surface area contributed by atoms with E-state index in [1.165, 1.54) is 17.0 Å². The highest BCUT2D eigenvalue weighted by atomic mass is 19.1. The molecule has 1 aliphatic heterocycles. The van der Waals surface area contributed by atoms with Crippen molar-refractivity contribution < 1.29 is 24.2 Å². The number of hydrogen-bond acceptors (Lipinski definition) is 3. The molecule has 2 aromatic carbocycles. The van der Waals surface area contributed by atoms with Crippen molar-refractivity contribution in [2.45, 2.75) is 18.3 Å². The maximum atomic E-state index is 13.2. The molecule has 3 aromatic rings. The van der Waals surface area contributed by atoms with Crippen molar-refractivity contribution in [2.24, 2.45) is 0 Å². The normalized spacial score (nSPS) is 16.2. The summed E-state index contributed by atoms with van der Waals surface area (Å²) < 4.78 is 14.8. The van der Waals surface area contributed by atoms with E-state index in [-0.39, 0.29) is 31.7 Å². The van der Waals surface area contributed by atoms with E-state index in [0.29, 0.717) is 11.3 Å². The average molecular weight is 383 g/mol. The summed E-state index contributed by atoms with van der Waals surface area (Å²) in [5.74, 6) is -1.29. The van der Waals surface area contributed by atoms with Crippen molar-refractivity contribution >= 4 is 23.0 Å². The second kappa shape index (κ2) is 6.63. The van der Waals surface area contributed by atoms with Crippen LogP contribution in [0, 0.1) is 5.82 Å². The van der Waals surface area contributed by atoms with Crippen LogP contribution in [0.25, 0.3) is 16.6 Å². The van der Waals surface area contributed by atoms with Crippen LogP contribution in [0.4, 0.5) is 9.18 Å². The van der Waals surface area contributed by atoms with Crippen LogP contribution >= 0.6 is 0 Å². The highest BCUT2D eigenvalue weighted by Crippen LogP contribution is 2.37. The highest BCUT2D eigenvalue weighted by molar-refractivity contribution is 5.86. The predicted molar refractivity (Wildman–Crippen MR) is 99.2 cm³/mol. The van der Waals surface area contributed by atoms with E-state index in [4.69, 9.17) is 5.11 Å². The van der Waals surface area contributed by atoms with Crippen molar-refractivity contribution in [1.29, 1.82) is 0 Å². The molecule has 0 bridgehead atoms. The van der Waals surface area contributed by atoms with E-state index >= 15 is 0 Å². The maximum absolute atomic E-state index is 13.2. The minimum Gasteiger partial charge on any atom is -0.481 e. The second-order valence-electron chi connectivity index (χ2n) is 6.96. The van der Waals surface area contributed by atoms with Gasteiger partial charge in [0.25, 0.3) is 0 Å². The van der Waals surface area contributed by atoms with Crippen LogP contribution in [0.3, 0.4) is 0 Å². The van der Waals surface area contributed by atoms with Crippen LogP contribution in [0.2, 0.25) is 0 Å². The van der Waals surface area contributed by atoms with Gasteiger partial charge in [0.2, 0.25) is 0 Å². The molecule has 144 valence electrons. The Morgan fingerprint density at radius 3 is 2.32 bits per heavy atom. The predicted octanol–water partition coefficient (Wildman–Crippen LogP) is 3.26. The van der Waals surface area contributed by atoms with Gasteiger partial charge in [-0.3, -0.25) is 4.79 Å². The van der Waals surface area contributed by atoms with Gasteiger partial charge in [0, 0.05) is 18.5 Å². The lowest BCUT2D eigenvalue weighted by atomic mass is 9.72. The van der Waals surface area contributed by atoms with E-state index in [0.717, 1.165) is 10.9 Å². The Kier molecular flexibility index (Phi) is 4.26. The van der Waals surface area contributed by atoms with Gasteiger partial charge in [0.05, 0.1) is 22.8 Å². The Balaban J connectivity index is 1.72. The molecule has 2 heterocycles. The Bertz CT molecular complexity index is 1050. The molecule has 2 N–H and O–H groups in total. The summed E-state index contributed by atoms with van der Waals surface area (Å²) in [6, 6.07) is 11.3. The quantitative estimate of drug-likeness (QED) is 0.724. The van der Waals surface area contributed by atoms with Crippen molar-refractivity contribution in [3.05, 3.63) is 60.0 Å². The van der Waals surface area contributed by atoms with Gasteiger partial charge < -0.3 is 15.1 Å². The van der Waals surface area contributed by atoms with E-state index < -0.39 is 17.5 Å². The summed E-state index contributed by atoms with van der Waals surface area (Å²) in [5.41, 5.74) is 0.986. The summed E-state index contributed by atoms with van der Waals surface area (Å²) in [4.78, 5) is 24.5. The van der Waals surface area contributed by atoms with Crippen LogP contribution in [-0.2, 0) is 10.2 Å². The summed E-state index contributed by atoms with van der Waals surface area (Å²) in [5, 5.41) is 24.2. The van der Waals surface area contributed by atoms with Gasteiger partial charge in [-0.25, -0.2) is 13.9 Å². The van der Waals surface area contributed by atoms with Crippen LogP contribution in [0.5, 0.6) is 0 Å². The number of rotatable bonds is 3. The number of aromatic nitrogens is 2. The molecule has 0 aliphatic carbocycles. The molecule has 0 atom stereocenters. The lowest BCUT2D eigenvalue weighted by Crippen LogP contribution is -2.48. The zero-order valence-electron chi connectivity index (χ0n) is 14.9. The number of carbonyl (C=O) groups is 2. The first-order chi connectivity index (χ1) is 13.4. The Morgan fingerprint density at radius 1 is 1.04 bits per heavy atom. The molecular weight excluding hydrogens is 365 g/mol. The van der Waals surface area contributed by atoms with Crippen LogP contribution in [0.15, 0.2) is 48.7 Å². The highest BCUT2D eigenvalue weighted by Gasteiger charge is 2.44. The van der Waals surface area contributed by atoms with Gasteiger partial charge in [0.1, 0.15) is 5.82 Å². The molecule has 4 rings (SSSR count). The van der Waals surface area contributed by atoms with Gasteiger partial charge in [-0.15, -0.1) is 0 Å². The molecule has 0 radical (unpaired) electrons. The second-order valence-corrected chi connectivity index (χ2v) is 6.96. The number of hydrogen-bond donors (Lipinski definition) is 2. The third-order valence-corrected chi connectivity index (χ3v) is 5.49. The number of nitrogens with zero attached hydrogens (tertiary/aromatic N) is 3. The smallest absolute Gasteiger partial charge is 0.407 e. The first-order valence-electron chi connectivity index (χ1n) is 8.86. The third-order valence-electron chi connectivity index (χ3n) is 5.49. The van der Waals surface area contributed by atoms with Gasteiger partial charge >= 0.3 is 12.1 Å². The lowest BCUT2D eigenvalue weighted by molar-refractivity contribution is -0.145. The zero-order chi connectivity index (χ0) is 19.9. The topological polar surface area (TPSA) is 95.7 Å². The molecule has 0 spiro atoms. The Labute approximate surface area is 159 Å². The first-order valence-corrected chi connectivity index (χ1v) is 8.86. The number of amides is 1. The average Bonchev–Trinajstić information content (AvgIpc) is 3.11. The summed E-state index contributed by atoms with van der Waals surface area (Å²) in [6.07, 6.45) is 1.04. The van der Waals surface area contributed by atoms with Crippen LogP contribution in [-0.4, -0.2) is 50.0 Å². The Morgan fingerprint density at radius 2 is 1.71 bits per heavy atom. The number of benzene rings is 2. The fourth-order valence-corrected chi connectivity index (χ4v) is 3.82. The molecule has 1 aromatic heterocycles.